The molecule has 1 heterocycles. The van der Waals surface area contributed by atoms with Crippen LogP contribution in [0.25, 0.3) is 10.9 Å². The first-order valence-electron chi connectivity index (χ1n) is 7.88. The minimum absolute atomic E-state index is 0.0698. The van der Waals surface area contributed by atoms with Gasteiger partial charge >= 0.3 is 11.9 Å². The molecule has 1 aromatic heterocycles. The van der Waals surface area contributed by atoms with Crippen LogP contribution in [0.1, 0.15) is 26.3 Å². The molecule has 0 aliphatic rings. The predicted octanol–water partition coefficient (Wildman–Crippen LogP) is 2.29. The van der Waals surface area contributed by atoms with E-state index in [0.29, 0.717) is 0 Å². The molecule has 26 heavy (non-hydrogen) atoms. The van der Waals surface area contributed by atoms with Gasteiger partial charge in [-0.2, -0.15) is 0 Å². The highest BCUT2D eigenvalue weighted by Gasteiger charge is 2.24. The third-order valence-corrected chi connectivity index (χ3v) is 4.10. The van der Waals surface area contributed by atoms with Gasteiger partial charge in [-0.3, -0.25) is 4.79 Å². The number of aliphatic carboxylic acids is 1. The van der Waals surface area contributed by atoms with Crippen molar-refractivity contribution in [2.75, 3.05) is 0 Å². The Balaban J connectivity index is 1.84. The number of para-hydroxylation sites is 1. The maximum atomic E-state index is 12.4. The van der Waals surface area contributed by atoms with E-state index in [9.17, 15) is 24.6 Å². The average molecular weight is 352 g/mol. The van der Waals surface area contributed by atoms with Gasteiger partial charge in [0.15, 0.2) is 0 Å². The summed E-state index contributed by atoms with van der Waals surface area (Å²) < 4.78 is 0. The van der Waals surface area contributed by atoms with Crippen molar-refractivity contribution in [1.82, 2.24) is 10.3 Å². The Morgan fingerprint density at radius 1 is 0.962 bits per heavy atom. The van der Waals surface area contributed by atoms with Gasteiger partial charge < -0.3 is 20.5 Å². The minimum Gasteiger partial charge on any atom is -0.480 e. The lowest BCUT2D eigenvalue weighted by Gasteiger charge is -2.15. The molecule has 0 fully saturated rings. The van der Waals surface area contributed by atoms with Crippen LogP contribution in [0.5, 0.6) is 0 Å². The molecule has 0 bridgehead atoms. The number of aromatic nitrogens is 1. The van der Waals surface area contributed by atoms with E-state index in [2.05, 4.69) is 10.3 Å². The third-order valence-electron chi connectivity index (χ3n) is 4.10. The number of hydrogen-bond donors (Lipinski definition) is 4. The van der Waals surface area contributed by atoms with Crippen molar-refractivity contribution in [3.05, 3.63) is 71.4 Å². The van der Waals surface area contributed by atoms with Gasteiger partial charge in [0.05, 0.1) is 11.1 Å². The second-order valence-corrected chi connectivity index (χ2v) is 5.78. The molecule has 0 aliphatic carbocycles. The zero-order valence-corrected chi connectivity index (χ0v) is 13.6. The SMILES string of the molecule is O=C(O)c1ccccc1C(=O)NC(Cc1c[nH]c2ccccc12)C(=O)O. The molecule has 1 unspecified atom stereocenters. The van der Waals surface area contributed by atoms with Crippen molar-refractivity contribution in [2.24, 2.45) is 0 Å². The Morgan fingerprint density at radius 2 is 1.62 bits per heavy atom. The van der Waals surface area contributed by atoms with Crippen LogP contribution in [0, 0.1) is 0 Å². The standard InChI is InChI=1S/C19H16N2O5/c22-17(13-6-1-2-7-14(13)18(23)24)21-16(19(25)26)9-11-10-20-15-8-4-3-5-12(11)15/h1-8,10,16,20H,9H2,(H,21,22)(H,23,24)(H,25,26). The first-order chi connectivity index (χ1) is 12.5. The van der Waals surface area contributed by atoms with E-state index < -0.39 is 23.9 Å². The molecule has 0 radical (unpaired) electrons. The second kappa shape index (κ2) is 7.10. The highest BCUT2D eigenvalue weighted by atomic mass is 16.4. The maximum Gasteiger partial charge on any atom is 0.336 e. The number of H-pyrrole nitrogens is 1. The van der Waals surface area contributed by atoms with Crippen molar-refractivity contribution < 1.29 is 24.6 Å². The lowest BCUT2D eigenvalue weighted by atomic mass is 10.0. The zero-order chi connectivity index (χ0) is 18.7. The van der Waals surface area contributed by atoms with Crippen LogP contribution in [-0.4, -0.2) is 39.1 Å². The number of aromatic amines is 1. The van der Waals surface area contributed by atoms with Gasteiger partial charge in [0.1, 0.15) is 6.04 Å². The molecular weight excluding hydrogens is 336 g/mol. The molecule has 4 N–H and O–H groups in total. The average Bonchev–Trinajstić information content (AvgIpc) is 3.04. The molecule has 3 aromatic rings. The van der Waals surface area contributed by atoms with Crippen LogP contribution in [0.2, 0.25) is 0 Å². The van der Waals surface area contributed by atoms with Crippen LogP contribution in [-0.2, 0) is 11.2 Å². The van der Waals surface area contributed by atoms with Crippen LogP contribution in [0.3, 0.4) is 0 Å². The number of rotatable bonds is 6. The second-order valence-electron chi connectivity index (χ2n) is 5.78. The minimum atomic E-state index is -1.25. The van der Waals surface area contributed by atoms with Crippen LogP contribution >= 0.6 is 0 Å². The fraction of sp³-hybridized carbons (Fsp3) is 0.105. The number of fused-ring (bicyclic) bond motifs is 1. The molecule has 132 valence electrons. The van der Waals surface area contributed by atoms with Gasteiger partial charge in [-0.1, -0.05) is 30.3 Å². The largest absolute Gasteiger partial charge is 0.480 e. The lowest BCUT2D eigenvalue weighted by molar-refractivity contribution is -0.139. The summed E-state index contributed by atoms with van der Waals surface area (Å²) in [7, 11) is 0. The highest BCUT2D eigenvalue weighted by molar-refractivity contribution is 6.05. The van der Waals surface area contributed by atoms with Gasteiger partial charge in [0.25, 0.3) is 5.91 Å². The van der Waals surface area contributed by atoms with Gasteiger partial charge in [-0.15, -0.1) is 0 Å². The number of hydrogen-bond acceptors (Lipinski definition) is 3. The summed E-state index contributed by atoms with van der Waals surface area (Å²) in [6, 6.07) is 11.9. The summed E-state index contributed by atoms with van der Waals surface area (Å²) in [6.07, 6.45) is 1.78. The van der Waals surface area contributed by atoms with Crippen LogP contribution in [0.15, 0.2) is 54.7 Å². The summed E-state index contributed by atoms with van der Waals surface area (Å²) in [5, 5.41) is 21.9. The number of benzene rings is 2. The third kappa shape index (κ3) is 3.41. The van der Waals surface area contributed by atoms with E-state index in [1.54, 1.807) is 6.20 Å². The van der Waals surface area contributed by atoms with Gasteiger partial charge in [-0.05, 0) is 23.8 Å². The van der Waals surface area contributed by atoms with E-state index in [1.165, 1.54) is 24.3 Å². The highest BCUT2D eigenvalue weighted by Crippen LogP contribution is 2.19. The van der Waals surface area contributed by atoms with E-state index in [-0.39, 0.29) is 17.5 Å². The molecule has 0 aliphatic heterocycles. The fourth-order valence-corrected chi connectivity index (χ4v) is 2.82. The van der Waals surface area contributed by atoms with Gasteiger partial charge in [-0.25, -0.2) is 9.59 Å². The van der Waals surface area contributed by atoms with Crippen LogP contribution in [0.4, 0.5) is 0 Å². The van der Waals surface area contributed by atoms with Crippen molar-refractivity contribution in [3.8, 4) is 0 Å². The smallest absolute Gasteiger partial charge is 0.336 e. The normalized spacial score (nSPS) is 11.8. The number of aromatic carboxylic acids is 1. The molecule has 7 heteroatoms. The van der Waals surface area contributed by atoms with E-state index in [1.807, 2.05) is 24.3 Å². The van der Waals surface area contributed by atoms with Crippen molar-refractivity contribution in [2.45, 2.75) is 12.5 Å². The summed E-state index contributed by atoms with van der Waals surface area (Å²) in [5.41, 5.74) is 1.36. The van der Waals surface area contributed by atoms with Gasteiger partial charge in [0.2, 0.25) is 0 Å². The zero-order valence-electron chi connectivity index (χ0n) is 13.6. The molecule has 0 saturated heterocycles. The number of carboxylic acid groups (broad SMARTS) is 2. The Kier molecular flexibility index (Phi) is 4.70. The van der Waals surface area contributed by atoms with Gasteiger partial charge in [0, 0.05) is 23.5 Å². The molecule has 0 spiro atoms. The van der Waals surface area contributed by atoms with Crippen LogP contribution < -0.4 is 5.32 Å². The first kappa shape index (κ1) is 17.2. The topological polar surface area (TPSA) is 119 Å². The van der Waals surface area contributed by atoms with E-state index in [0.717, 1.165) is 16.5 Å². The van der Waals surface area contributed by atoms with E-state index in [4.69, 9.17) is 0 Å². The first-order valence-corrected chi connectivity index (χ1v) is 7.88. The molecule has 7 nitrogen and oxygen atoms in total. The summed E-state index contributed by atoms with van der Waals surface area (Å²) in [6.45, 7) is 0. The Bertz CT molecular complexity index is 992. The lowest BCUT2D eigenvalue weighted by Crippen LogP contribution is -2.42. The summed E-state index contributed by atoms with van der Waals surface area (Å²) in [4.78, 5) is 38.3. The summed E-state index contributed by atoms with van der Waals surface area (Å²) >= 11 is 0. The summed E-state index contributed by atoms with van der Waals surface area (Å²) in [5.74, 6) is -3.19. The number of nitrogens with one attached hydrogen (secondary N) is 2. The number of amides is 1. The Labute approximate surface area is 148 Å². The number of carbonyl (C=O) groups is 3. The van der Waals surface area contributed by atoms with E-state index >= 15 is 0 Å². The number of carboxylic acids is 2. The molecular formula is C19H16N2O5. The molecule has 1 atom stereocenters. The quantitative estimate of drug-likeness (QED) is 0.543. The monoisotopic (exact) mass is 352 g/mol. The van der Waals surface area contributed by atoms with Crippen molar-refractivity contribution >= 4 is 28.7 Å². The fourth-order valence-electron chi connectivity index (χ4n) is 2.82. The molecule has 2 aromatic carbocycles. The predicted molar refractivity (Wildman–Crippen MR) is 94.3 cm³/mol. The number of carbonyl (C=O) groups excluding carboxylic acids is 1. The Morgan fingerprint density at radius 3 is 2.31 bits per heavy atom. The van der Waals surface area contributed by atoms with Crippen molar-refractivity contribution in [3.63, 3.8) is 0 Å². The molecule has 1 amide bonds. The Hall–Kier alpha value is -3.61. The van der Waals surface area contributed by atoms with Crippen molar-refractivity contribution in [1.29, 1.82) is 0 Å². The molecule has 0 saturated carbocycles. The molecule has 3 rings (SSSR count). The maximum absolute atomic E-state index is 12.4.